The smallest absolute Gasteiger partial charge is 0.300 e. The number of ether oxygens (including phenoxy) is 2. The van der Waals surface area contributed by atoms with Gasteiger partial charge in [-0.05, 0) is 60.2 Å². The second-order valence-corrected chi connectivity index (χ2v) is 7.68. The lowest BCUT2D eigenvalue weighted by Crippen LogP contribution is -2.29. The molecule has 1 saturated heterocycles. The zero-order valence-electron chi connectivity index (χ0n) is 17.7. The second kappa shape index (κ2) is 8.96. The van der Waals surface area contributed by atoms with E-state index in [0.717, 1.165) is 0 Å². The maximum absolute atomic E-state index is 13.5. The molecule has 0 aromatic heterocycles. The first-order valence-corrected chi connectivity index (χ1v) is 10.3. The first-order valence-electron chi connectivity index (χ1n) is 9.90. The molecule has 3 aromatic rings. The van der Waals surface area contributed by atoms with E-state index in [1.807, 2.05) is 0 Å². The van der Waals surface area contributed by atoms with Crippen molar-refractivity contribution < 1.29 is 28.6 Å². The van der Waals surface area contributed by atoms with Crippen molar-refractivity contribution in [2.45, 2.75) is 6.04 Å². The van der Waals surface area contributed by atoms with E-state index in [0.29, 0.717) is 27.8 Å². The van der Waals surface area contributed by atoms with Gasteiger partial charge in [-0.3, -0.25) is 14.5 Å². The molecule has 1 N–H and O–H groups in total. The van der Waals surface area contributed by atoms with E-state index >= 15 is 0 Å². The molecule has 1 aliphatic heterocycles. The number of ketones is 1. The lowest BCUT2D eigenvalue weighted by Gasteiger charge is -2.25. The Labute approximate surface area is 194 Å². The Hall–Kier alpha value is -3.84. The molecule has 8 heteroatoms. The van der Waals surface area contributed by atoms with Crippen LogP contribution in [0.15, 0.2) is 72.3 Å². The molecule has 0 spiro atoms. The molecule has 1 heterocycles. The maximum atomic E-state index is 13.5. The van der Waals surface area contributed by atoms with E-state index in [-0.39, 0.29) is 16.9 Å². The highest BCUT2D eigenvalue weighted by Crippen LogP contribution is 2.43. The summed E-state index contributed by atoms with van der Waals surface area (Å²) in [4.78, 5) is 27.5. The molecule has 1 aliphatic rings. The van der Waals surface area contributed by atoms with Crippen molar-refractivity contribution in [2.24, 2.45) is 0 Å². The van der Waals surface area contributed by atoms with Gasteiger partial charge in [-0.25, -0.2) is 4.39 Å². The normalized spacial score (nSPS) is 17.3. The molecule has 0 radical (unpaired) electrons. The van der Waals surface area contributed by atoms with Gasteiger partial charge in [-0.15, -0.1) is 0 Å². The van der Waals surface area contributed by atoms with E-state index < -0.39 is 23.5 Å². The third-order valence-corrected chi connectivity index (χ3v) is 5.72. The Kier molecular flexibility index (Phi) is 6.07. The monoisotopic (exact) mass is 467 g/mol. The molecular weight excluding hydrogens is 449 g/mol. The highest BCUT2D eigenvalue weighted by molar-refractivity contribution is 6.51. The molecule has 168 valence electrons. The highest BCUT2D eigenvalue weighted by atomic mass is 35.5. The molecule has 1 atom stereocenters. The Morgan fingerprint density at radius 2 is 1.64 bits per heavy atom. The van der Waals surface area contributed by atoms with E-state index in [4.69, 9.17) is 21.1 Å². The zero-order valence-corrected chi connectivity index (χ0v) is 18.5. The maximum Gasteiger partial charge on any atom is 0.300 e. The lowest BCUT2D eigenvalue weighted by atomic mass is 9.95. The van der Waals surface area contributed by atoms with Crippen LogP contribution in [0.4, 0.5) is 10.1 Å². The number of rotatable bonds is 5. The topological polar surface area (TPSA) is 76.1 Å². The average molecular weight is 468 g/mol. The van der Waals surface area contributed by atoms with Crippen LogP contribution in [-0.2, 0) is 9.59 Å². The SMILES string of the molecule is COc1ccc(C2/C(=C(/O)c3ccc(Cl)c(OC)c3)C(=O)C(=O)N2c2ccc(F)cc2)cc1. The minimum Gasteiger partial charge on any atom is -0.507 e. The van der Waals surface area contributed by atoms with Gasteiger partial charge in [0.15, 0.2) is 0 Å². The van der Waals surface area contributed by atoms with Crippen LogP contribution in [0.3, 0.4) is 0 Å². The van der Waals surface area contributed by atoms with Gasteiger partial charge in [0, 0.05) is 11.3 Å². The molecule has 1 unspecified atom stereocenters. The van der Waals surface area contributed by atoms with Gasteiger partial charge in [-0.1, -0.05) is 23.7 Å². The number of methoxy groups -OCH3 is 2. The Bertz CT molecular complexity index is 1250. The standard InChI is InChI=1S/C25H19ClFNO5/c1-32-18-10-3-14(4-11-18)22-21(23(29)15-5-12-19(26)20(13-15)33-2)24(30)25(31)28(22)17-8-6-16(27)7-9-17/h3-13,22,29H,1-2H3/b23-21-. The van der Waals surface area contributed by atoms with Crippen molar-refractivity contribution >= 4 is 34.7 Å². The van der Waals surface area contributed by atoms with Gasteiger partial charge in [-0.2, -0.15) is 0 Å². The van der Waals surface area contributed by atoms with E-state index in [9.17, 15) is 19.1 Å². The third kappa shape index (κ3) is 4.03. The summed E-state index contributed by atoms with van der Waals surface area (Å²) in [6, 6.07) is 15.5. The van der Waals surface area contributed by atoms with Crippen molar-refractivity contribution in [1.29, 1.82) is 0 Å². The van der Waals surface area contributed by atoms with Gasteiger partial charge in [0.05, 0.1) is 30.9 Å². The summed E-state index contributed by atoms with van der Waals surface area (Å²) in [5, 5.41) is 11.5. The van der Waals surface area contributed by atoms with Crippen molar-refractivity contribution in [3.63, 3.8) is 0 Å². The molecule has 0 bridgehead atoms. The quantitative estimate of drug-likeness (QED) is 0.320. The number of amides is 1. The van der Waals surface area contributed by atoms with E-state index in [1.165, 1.54) is 61.6 Å². The van der Waals surface area contributed by atoms with Crippen LogP contribution < -0.4 is 14.4 Å². The largest absolute Gasteiger partial charge is 0.507 e. The molecule has 33 heavy (non-hydrogen) atoms. The number of carbonyl (C=O) groups is 2. The summed E-state index contributed by atoms with van der Waals surface area (Å²) < 4.78 is 23.9. The van der Waals surface area contributed by atoms with Crippen molar-refractivity contribution in [1.82, 2.24) is 0 Å². The summed E-state index contributed by atoms with van der Waals surface area (Å²) >= 11 is 6.09. The predicted molar refractivity (Wildman–Crippen MR) is 122 cm³/mol. The Morgan fingerprint density at radius 3 is 2.24 bits per heavy atom. The van der Waals surface area contributed by atoms with Crippen LogP contribution in [0.25, 0.3) is 5.76 Å². The number of aliphatic hydroxyl groups excluding tert-OH is 1. The summed E-state index contributed by atoms with van der Waals surface area (Å²) in [5.74, 6) is -1.69. The second-order valence-electron chi connectivity index (χ2n) is 7.27. The van der Waals surface area contributed by atoms with Gasteiger partial charge >= 0.3 is 0 Å². The number of anilines is 1. The fraction of sp³-hybridized carbons (Fsp3) is 0.120. The number of nitrogens with zero attached hydrogens (tertiary/aromatic N) is 1. The minimum absolute atomic E-state index is 0.112. The fourth-order valence-electron chi connectivity index (χ4n) is 3.76. The summed E-state index contributed by atoms with van der Waals surface area (Å²) in [6.45, 7) is 0. The number of Topliss-reactive ketones (excluding diaryl/α,β-unsaturated/α-hetero) is 1. The molecular formula is C25H19ClFNO5. The predicted octanol–water partition coefficient (Wildman–Crippen LogP) is 5.12. The van der Waals surface area contributed by atoms with Crippen molar-refractivity contribution in [3.05, 3.63) is 94.3 Å². The van der Waals surface area contributed by atoms with Gasteiger partial charge in [0.2, 0.25) is 0 Å². The van der Waals surface area contributed by atoms with E-state index in [2.05, 4.69) is 0 Å². The Morgan fingerprint density at radius 1 is 0.970 bits per heavy atom. The van der Waals surface area contributed by atoms with Gasteiger partial charge in [0.25, 0.3) is 11.7 Å². The fourth-order valence-corrected chi connectivity index (χ4v) is 3.96. The number of carbonyl (C=O) groups excluding carboxylic acids is 2. The number of halogens is 2. The van der Waals surface area contributed by atoms with Crippen molar-refractivity contribution in [3.8, 4) is 11.5 Å². The molecule has 0 saturated carbocycles. The lowest BCUT2D eigenvalue weighted by molar-refractivity contribution is -0.132. The van der Waals surface area contributed by atoms with Gasteiger partial charge < -0.3 is 14.6 Å². The number of hydrogen-bond acceptors (Lipinski definition) is 5. The number of hydrogen-bond donors (Lipinski definition) is 1. The highest BCUT2D eigenvalue weighted by Gasteiger charge is 2.47. The summed E-state index contributed by atoms with van der Waals surface area (Å²) in [7, 11) is 2.95. The number of benzene rings is 3. The van der Waals surface area contributed by atoms with E-state index in [1.54, 1.807) is 24.3 Å². The van der Waals surface area contributed by atoms with Crippen molar-refractivity contribution in [2.75, 3.05) is 19.1 Å². The minimum atomic E-state index is -0.956. The molecule has 1 amide bonds. The van der Waals surface area contributed by atoms with Crippen LogP contribution in [0.1, 0.15) is 17.2 Å². The number of aliphatic hydroxyl groups is 1. The van der Waals surface area contributed by atoms with Crippen LogP contribution >= 0.6 is 11.6 Å². The van der Waals surface area contributed by atoms with Crippen LogP contribution in [0.5, 0.6) is 11.5 Å². The zero-order chi connectivity index (χ0) is 23.7. The van der Waals surface area contributed by atoms with Crippen LogP contribution in [0.2, 0.25) is 5.02 Å². The van der Waals surface area contributed by atoms with Crippen LogP contribution in [0, 0.1) is 5.82 Å². The van der Waals surface area contributed by atoms with Gasteiger partial charge in [0.1, 0.15) is 23.1 Å². The molecule has 3 aromatic carbocycles. The molecule has 1 fully saturated rings. The summed E-state index contributed by atoms with van der Waals surface area (Å²) in [6.07, 6.45) is 0. The Balaban J connectivity index is 1.93. The first-order chi connectivity index (χ1) is 15.8. The summed E-state index contributed by atoms with van der Waals surface area (Å²) in [5.41, 5.74) is 1.01. The molecule has 6 nitrogen and oxygen atoms in total. The van der Waals surface area contributed by atoms with Crippen LogP contribution in [-0.4, -0.2) is 31.0 Å². The first kappa shape index (κ1) is 22.4. The molecule has 4 rings (SSSR count). The average Bonchev–Trinajstić information content (AvgIpc) is 3.10. The third-order valence-electron chi connectivity index (χ3n) is 5.41. The molecule has 0 aliphatic carbocycles.